The average molecular weight is 418 g/mol. The van der Waals surface area contributed by atoms with E-state index >= 15 is 0 Å². The number of phenolic OH excluding ortho intramolecular Hbond substituents is 1. The van der Waals surface area contributed by atoms with Crippen LogP contribution < -0.4 is 11.2 Å². The Morgan fingerprint density at radius 3 is 1.97 bits per heavy atom. The molecule has 4 saturated carbocycles. The molecule has 0 saturated heterocycles. The molecule has 4 bridgehead atoms. The molecule has 4 aliphatic carbocycles. The van der Waals surface area contributed by atoms with Gasteiger partial charge in [-0.1, -0.05) is 42.0 Å². The average Bonchev–Trinajstić information content (AvgIpc) is 2.72. The van der Waals surface area contributed by atoms with Crippen molar-refractivity contribution in [1.29, 1.82) is 0 Å². The zero-order valence-electron chi connectivity index (χ0n) is 16.9. The number of hydrogen-bond donors (Lipinski definition) is 3. The minimum atomic E-state index is 0.157. The fourth-order valence-corrected chi connectivity index (χ4v) is 6.19. The number of nitrogens with zero attached hydrogens (tertiary/aromatic N) is 1. The van der Waals surface area contributed by atoms with E-state index in [0.717, 1.165) is 17.4 Å². The van der Waals surface area contributed by atoms with Crippen LogP contribution in [0.25, 0.3) is 5.57 Å². The number of nitrogens with two attached hydrogens (primary N) is 1. The van der Waals surface area contributed by atoms with Crippen LogP contribution in [-0.4, -0.2) is 16.4 Å². The summed E-state index contributed by atoms with van der Waals surface area (Å²) in [6.07, 6.45) is 8.56. The van der Waals surface area contributed by atoms with E-state index in [-0.39, 0.29) is 5.11 Å². The number of benzene rings is 2. The number of thiocarbonyl (C=S) groups is 1. The number of phenols is 1. The highest BCUT2D eigenvalue weighted by Gasteiger charge is 2.46. The first-order chi connectivity index (χ1) is 14.6. The van der Waals surface area contributed by atoms with Crippen LogP contribution in [0.2, 0.25) is 0 Å². The summed E-state index contributed by atoms with van der Waals surface area (Å²) in [5.74, 6) is 3.58. The van der Waals surface area contributed by atoms with E-state index in [9.17, 15) is 5.11 Å². The number of hydrogen-bond acceptors (Lipinski definition) is 3. The van der Waals surface area contributed by atoms with Gasteiger partial charge in [-0.05, 0) is 102 Å². The summed E-state index contributed by atoms with van der Waals surface area (Å²) in [5, 5.41) is 14.0. The number of allylic oxidation sites excluding steroid dienone is 1. The number of hydrazone groups is 1. The molecule has 4 aliphatic rings. The molecule has 0 aliphatic heterocycles. The standard InChI is InChI=1S/C25H27N3OS/c26-25(30)28-27-14-15-1-3-18(4-2-15)23(19-5-7-22(29)8-6-19)24-20-10-16-9-17(12-20)13-21(24)11-16/h1-8,14,16-17,20-21,29H,9-13H2,(H3,26,28,30)/b24-23?,27-14+. The van der Waals surface area contributed by atoms with Crippen molar-refractivity contribution in [2.75, 3.05) is 0 Å². The lowest BCUT2D eigenvalue weighted by Gasteiger charge is -2.52. The van der Waals surface area contributed by atoms with E-state index < -0.39 is 0 Å². The minimum absolute atomic E-state index is 0.157. The summed E-state index contributed by atoms with van der Waals surface area (Å²) in [7, 11) is 0. The maximum atomic E-state index is 9.82. The van der Waals surface area contributed by atoms with Crippen LogP contribution in [0, 0.1) is 23.7 Å². The maximum Gasteiger partial charge on any atom is 0.184 e. The highest BCUT2D eigenvalue weighted by atomic mass is 32.1. The first kappa shape index (κ1) is 19.3. The third kappa shape index (κ3) is 3.74. The molecule has 0 atom stereocenters. The SMILES string of the molecule is NC(=S)N/N=C/c1ccc(C(=C2C3CC4CC(C3)CC2C4)c2ccc(O)cc2)cc1. The molecule has 0 amide bonds. The Labute approximate surface area is 182 Å². The van der Waals surface area contributed by atoms with Crippen molar-refractivity contribution in [2.24, 2.45) is 34.5 Å². The van der Waals surface area contributed by atoms with Gasteiger partial charge in [0.15, 0.2) is 5.11 Å². The molecule has 154 valence electrons. The van der Waals surface area contributed by atoms with E-state index in [1.165, 1.54) is 48.8 Å². The highest BCUT2D eigenvalue weighted by Crippen LogP contribution is 2.58. The van der Waals surface area contributed by atoms with Gasteiger partial charge < -0.3 is 10.8 Å². The topological polar surface area (TPSA) is 70.6 Å². The van der Waals surface area contributed by atoms with E-state index in [1.54, 1.807) is 23.9 Å². The van der Waals surface area contributed by atoms with Crippen molar-refractivity contribution in [1.82, 2.24) is 5.43 Å². The molecule has 5 heteroatoms. The van der Waals surface area contributed by atoms with Crippen LogP contribution in [-0.2, 0) is 0 Å². The van der Waals surface area contributed by atoms with Gasteiger partial charge in [-0.25, -0.2) is 0 Å². The largest absolute Gasteiger partial charge is 0.508 e. The van der Waals surface area contributed by atoms with Crippen LogP contribution in [0.15, 0.2) is 59.2 Å². The summed E-state index contributed by atoms with van der Waals surface area (Å²) in [5.41, 5.74) is 14.5. The van der Waals surface area contributed by atoms with Crippen molar-refractivity contribution in [3.63, 3.8) is 0 Å². The molecular weight excluding hydrogens is 390 g/mol. The summed E-state index contributed by atoms with van der Waals surface area (Å²) in [6, 6.07) is 16.2. The maximum absolute atomic E-state index is 9.82. The predicted molar refractivity (Wildman–Crippen MR) is 125 cm³/mol. The lowest BCUT2D eigenvalue weighted by Crippen LogP contribution is -2.40. The number of rotatable bonds is 4. The lowest BCUT2D eigenvalue weighted by atomic mass is 9.53. The predicted octanol–water partition coefficient (Wildman–Crippen LogP) is 4.82. The van der Waals surface area contributed by atoms with Crippen LogP contribution in [0.4, 0.5) is 0 Å². The molecule has 6 rings (SSSR count). The van der Waals surface area contributed by atoms with E-state index in [1.807, 2.05) is 0 Å². The Morgan fingerprint density at radius 1 is 0.900 bits per heavy atom. The zero-order valence-corrected chi connectivity index (χ0v) is 17.7. The summed E-state index contributed by atoms with van der Waals surface area (Å²) in [6.45, 7) is 0. The molecule has 0 spiro atoms. The molecule has 4 N–H and O–H groups in total. The van der Waals surface area contributed by atoms with Crippen molar-refractivity contribution in [3.05, 3.63) is 70.8 Å². The fraction of sp³-hybridized carbons (Fsp3) is 0.360. The quantitative estimate of drug-likeness (QED) is 0.379. The van der Waals surface area contributed by atoms with Gasteiger partial charge >= 0.3 is 0 Å². The van der Waals surface area contributed by atoms with E-state index in [4.69, 9.17) is 18.0 Å². The molecule has 0 heterocycles. The van der Waals surface area contributed by atoms with Crippen molar-refractivity contribution in [2.45, 2.75) is 32.1 Å². The van der Waals surface area contributed by atoms with Gasteiger partial charge in [0.1, 0.15) is 5.75 Å². The Hall–Kier alpha value is -2.66. The molecular formula is C25H27N3OS. The fourth-order valence-electron chi connectivity index (χ4n) is 6.13. The summed E-state index contributed by atoms with van der Waals surface area (Å²) >= 11 is 4.78. The van der Waals surface area contributed by atoms with E-state index in [0.29, 0.717) is 17.6 Å². The van der Waals surface area contributed by atoms with Crippen LogP contribution in [0.1, 0.15) is 48.8 Å². The van der Waals surface area contributed by atoms with E-state index in [2.05, 4.69) is 46.9 Å². The normalized spacial score (nSPS) is 26.9. The second-order valence-corrected chi connectivity index (χ2v) is 9.48. The van der Waals surface area contributed by atoms with Crippen LogP contribution in [0.3, 0.4) is 0 Å². The molecule has 0 radical (unpaired) electrons. The Morgan fingerprint density at radius 2 is 1.43 bits per heavy atom. The zero-order chi connectivity index (χ0) is 20.7. The summed E-state index contributed by atoms with van der Waals surface area (Å²) < 4.78 is 0. The lowest BCUT2D eigenvalue weighted by molar-refractivity contribution is 0.0705. The van der Waals surface area contributed by atoms with Gasteiger partial charge in [0, 0.05) is 0 Å². The molecule has 30 heavy (non-hydrogen) atoms. The van der Waals surface area contributed by atoms with Gasteiger partial charge in [0.2, 0.25) is 0 Å². The minimum Gasteiger partial charge on any atom is -0.508 e. The van der Waals surface area contributed by atoms with Gasteiger partial charge in [0.05, 0.1) is 6.21 Å². The van der Waals surface area contributed by atoms with Crippen LogP contribution >= 0.6 is 12.2 Å². The molecule has 4 fully saturated rings. The number of nitrogens with one attached hydrogen (secondary N) is 1. The monoisotopic (exact) mass is 417 g/mol. The van der Waals surface area contributed by atoms with Crippen molar-refractivity contribution in [3.8, 4) is 5.75 Å². The van der Waals surface area contributed by atoms with Crippen molar-refractivity contribution >= 4 is 29.1 Å². The number of aromatic hydroxyl groups is 1. The molecule has 4 nitrogen and oxygen atoms in total. The van der Waals surface area contributed by atoms with Crippen LogP contribution in [0.5, 0.6) is 5.75 Å². The second kappa shape index (κ2) is 7.88. The molecule has 0 unspecified atom stereocenters. The second-order valence-electron chi connectivity index (χ2n) is 9.04. The Kier molecular flexibility index (Phi) is 5.07. The van der Waals surface area contributed by atoms with Crippen molar-refractivity contribution < 1.29 is 5.11 Å². The first-order valence-electron chi connectivity index (χ1n) is 10.8. The van der Waals surface area contributed by atoms with Gasteiger partial charge in [-0.15, -0.1) is 0 Å². The molecule has 2 aromatic carbocycles. The molecule has 0 aromatic heterocycles. The molecule has 2 aromatic rings. The third-order valence-electron chi connectivity index (χ3n) is 7.05. The highest BCUT2D eigenvalue weighted by molar-refractivity contribution is 7.80. The Bertz CT molecular complexity index is 978. The third-order valence-corrected chi connectivity index (χ3v) is 7.14. The van der Waals surface area contributed by atoms with Gasteiger partial charge in [0.25, 0.3) is 0 Å². The van der Waals surface area contributed by atoms with Gasteiger partial charge in [-0.2, -0.15) is 5.10 Å². The Balaban J connectivity index is 1.55. The van der Waals surface area contributed by atoms with Gasteiger partial charge in [-0.3, -0.25) is 5.43 Å². The first-order valence-corrected chi connectivity index (χ1v) is 11.2. The smallest absolute Gasteiger partial charge is 0.184 e. The summed E-state index contributed by atoms with van der Waals surface area (Å²) in [4.78, 5) is 0.